The van der Waals surface area contributed by atoms with Crippen LogP contribution in [0.25, 0.3) is 16.8 Å². The number of ether oxygens (including phenoxy) is 1. The maximum Gasteiger partial charge on any atom is 0.246 e. The number of anilines is 1. The first kappa shape index (κ1) is 15.3. The van der Waals surface area contributed by atoms with Crippen LogP contribution in [0.15, 0.2) is 54.6 Å². The molecule has 0 unspecified atom stereocenters. The van der Waals surface area contributed by atoms with Gasteiger partial charge in [0.25, 0.3) is 0 Å². The summed E-state index contributed by atoms with van der Waals surface area (Å²) in [6, 6.07) is 14.7. The van der Waals surface area contributed by atoms with E-state index < -0.39 is 0 Å². The summed E-state index contributed by atoms with van der Waals surface area (Å²) in [6.45, 7) is 0. The lowest BCUT2D eigenvalue weighted by molar-refractivity contribution is 0.452. The number of halogens is 2. The van der Waals surface area contributed by atoms with E-state index in [1.165, 1.54) is 22.7 Å². The molecule has 8 heteroatoms. The van der Waals surface area contributed by atoms with Crippen LogP contribution in [0.1, 0.15) is 0 Å². The van der Waals surface area contributed by atoms with Gasteiger partial charge in [0.1, 0.15) is 11.6 Å². The molecule has 124 valence electrons. The average Bonchev–Trinajstić information content (AvgIpc) is 2.97. The highest BCUT2D eigenvalue weighted by Crippen LogP contribution is 2.34. The minimum absolute atomic E-state index is 0.121. The molecule has 0 aliphatic heterocycles. The first-order valence-corrected chi connectivity index (χ1v) is 7.69. The first-order valence-electron chi connectivity index (χ1n) is 7.31. The normalized spacial score (nSPS) is 11.0. The minimum atomic E-state index is -0.380. The highest BCUT2D eigenvalue weighted by molar-refractivity contribution is 6.28. The van der Waals surface area contributed by atoms with Crippen molar-refractivity contribution in [2.24, 2.45) is 0 Å². The maximum absolute atomic E-state index is 13.8. The van der Waals surface area contributed by atoms with Crippen LogP contribution in [-0.4, -0.2) is 19.8 Å². The molecular weight excluding hydrogens is 345 g/mol. The van der Waals surface area contributed by atoms with Crippen LogP contribution < -0.4 is 10.5 Å². The number of hydrogen-bond donors (Lipinski definition) is 1. The molecule has 4 rings (SSSR count). The highest BCUT2D eigenvalue weighted by atomic mass is 35.5. The third-order valence-corrected chi connectivity index (χ3v) is 3.79. The lowest BCUT2D eigenvalue weighted by Crippen LogP contribution is -1.97. The number of fused-ring (bicyclic) bond motifs is 1. The summed E-state index contributed by atoms with van der Waals surface area (Å²) in [5.41, 5.74) is 8.18. The standard InChI is InChI=1S/C17H11ClFN5O/c18-17-22-21-15-6-7-16(23-24(15)17)25-14-5-4-11(19)9-13(14)10-2-1-3-12(20)8-10/h1-9H,20H2. The van der Waals surface area contributed by atoms with E-state index in [0.29, 0.717) is 22.6 Å². The summed E-state index contributed by atoms with van der Waals surface area (Å²) in [7, 11) is 0. The Morgan fingerprint density at radius 3 is 2.76 bits per heavy atom. The van der Waals surface area contributed by atoms with Gasteiger partial charge < -0.3 is 10.5 Å². The third kappa shape index (κ3) is 2.97. The minimum Gasteiger partial charge on any atom is -0.437 e. The summed E-state index contributed by atoms with van der Waals surface area (Å²) in [6.07, 6.45) is 0. The number of nitrogens with two attached hydrogens (primary N) is 1. The molecule has 0 saturated heterocycles. The van der Waals surface area contributed by atoms with E-state index in [9.17, 15) is 4.39 Å². The van der Waals surface area contributed by atoms with E-state index in [1.807, 2.05) is 6.07 Å². The van der Waals surface area contributed by atoms with Crippen LogP contribution in [0, 0.1) is 5.82 Å². The van der Waals surface area contributed by atoms with E-state index in [1.54, 1.807) is 30.3 Å². The number of benzene rings is 2. The van der Waals surface area contributed by atoms with Gasteiger partial charge in [0.15, 0.2) is 5.65 Å². The molecule has 0 amide bonds. The number of nitrogens with zero attached hydrogens (tertiary/aromatic N) is 4. The van der Waals surface area contributed by atoms with Gasteiger partial charge in [-0.05, 0) is 53.6 Å². The molecule has 25 heavy (non-hydrogen) atoms. The summed E-state index contributed by atoms with van der Waals surface area (Å²) in [5, 5.41) is 11.9. The summed E-state index contributed by atoms with van der Waals surface area (Å²) in [4.78, 5) is 0. The monoisotopic (exact) mass is 355 g/mol. The van der Waals surface area contributed by atoms with Crippen molar-refractivity contribution in [2.75, 3.05) is 5.73 Å². The Hall–Kier alpha value is -3.19. The van der Waals surface area contributed by atoms with Crippen molar-refractivity contribution in [3.8, 4) is 22.8 Å². The molecular formula is C17H11ClFN5O. The zero-order valence-corrected chi connectivity index (χ0v) is 13.5. The fourth-order valence-electron chi connectivity index (χ4n) is 2.44. The van der Waals surface area contributed by atoms with Crippen LogP contribution in [0.5, 0.6) is 11.6 Å². The largest absolute Gasteiger partial charge is 0.437 e. The molecule has 0 fully saturated rings. The Bertz CT molecular complexity index is 1080. The number of hydrogen-bond acceptors (Lipinski definition) is 5. The van der Waals surface area contributed by atoms with Crippen LogP contribution in [0.2, 0.25) is 5.28 Å². The number of aromatic nitrogens is 4. The molecule has 0 radical (unpaired) electrons. The van der Waals surface area contributed by atoms with Crippen LogP contribution in [0.4, 0.5) is 10.1 Å². The molecule has 2 N–H and O–H groups in total. The molecule has 4 aromatic rings. The molecule has 0 bridgehead atoms. The second kappa shape index (κ2) is 6.03. The SMILES string of the molecule is Nc1cccc(-c2cc(F)ccc2Oc2ccc3nnc(Cl)n3n2)c1. The molecule has 0 atom stereocenters. The van der Waals surface area contributed by atoms with Gasteiger partial charge in [-0.25, -0.2) is 4.39 Å². The zero-order chi connectivity index (χ0) is 17.4. The summed E-state index contributed by atoms with van der Waals surface area (Å²) in [5.74, 6) is 0.323. The molecule has 6 nitrogen and oxygen atoms in total. The third-order valence-electron chi connectivity index (χ3n) is 3.55. The fraction of sp³-hybridized carbons (Fsp3) is 0. The second-order valence-corrected chi connectivity index (χ2v) is 5.62. The zero-order valence-electron chi connectivity index (χ0n) is 12.7. The van der Waals surface area contributed by atoms with Crippen LogP contribution >= 0.6 is 11.6 Å². The lowest BCUT2D eigenvalue weighted by atomic mass is 10.0. The second-order valence-electron chi connectivity index (χ2n) is 5.28. The van der Waals surface area contributed by atoms with Crippen molar-refractivity contribution in [1.82, 2.24) is 19.8 Å². The molecule has 0 spiro atoms. The maximum atomic E-state index is 13.8. The van der Waals surface area contributed by atoms with Crippen molar-refractivity contribution >= 4 is 22.9 Å². The van der Waals surface area contributed by atoms with Gasteiger partial charge >= 0.3 is 0 Å². The van der Waals surface area contributed by atoms with E-state index in [0.717, 1.165) is 5.56 Å². The Balaban J connectivity index is 1.78. The Morgan fingerprint density at radius 2 is 1.92 bits per heavy atom. The van der Waals surface area contributed by atoms with Gasteiger partial charge in [-0.1, -0.05) is 12.1 Å². The molecule has 0 saturated carbocycles. The van der Waals surface area contributed by atoms with E-state index >= 15 is 0 Å². The van der Waals surface area contributed by atoms with Gasteiger partial charge in [0, 0.05) is 17.3 Å². The van der Waals surface area contributed by atoms with Crippen LogP contribution in [0.3, 0.4) is 0 Å². The first-order chi connectivity index (χ1) is 12.1. The predicted octanol–water partition coefficient (Wildman–Crippen LogP) is 3.96. The van der Waals surface area contributed by atoms with Gasteiger partial charge in [-0.15, -0.1) is 15.3 Å². The van der Waals surface area contributed by atoms with Crippen molar-refractivity contribution in [2.45, 2.75) is 0 Å². The highest BCUT2D eigenvalue weighted by Gasteiger charge is 2.12. The number of nitrogen functional groups attached to an aromatic ring is 1. The predicted molar refractivity (Wildman–Crippen MR) is 92.1 cm³/mol. The van der Waals surface area contributed by atoms with Crippen molar-refractivity contribution in [1.29, 1.82) is 0 Å². The van der Waals surface area contributed by atoms with Gasteiger partial charge in [-0.2, -0.15) is 4.52 Å². The Kier molecular flexibility index (Phi) is 3.70. The van der Waals surface area contributed by atoms with Gasteiger partial charge in [-0.3, -0.25) is 0 Å². The smallest absolute Gasteiger partial charge is 0.246 e. The molecule has 0 aliphatic rings. The molecule has 2 aromatic heterocycles. The Morgan fingerprint density at radius 1 is 1.04 bits per heavy atom. The quantitative estimate of drug-likeness (QED) is 0.563. The molecule has 2 aromatic carbocycles. The molecule has 0 aliphatic carbocycles. The molecule has 2 heterocycles. The van der Waals surface area contributed by atoms with Gasteiger partial charge in [0.2, 0.25) is 11.2 Å². The topological polar surface area (TPSA) is 78.3 Å². The van der Waals surface area contributed by atoms with Crippen molar-refractivity contribution in [3.63, 3.8) is 0 Å². The summed E-state index contributed by atoms with van der Waals surface area (Å²) < 4.78 is 20.9. The van der Waals surface area contributed by atoms with E-state index in [-0.39, 0.29) is 17.0 Å². The fourth-order valence-corrected chi connectivity index (χ4v) is 2.60. The van der Waals surface area contributed by atoms with E-state index in [4.69, 9.17) is 22.1 Å². The van der Waals surface area contributed by atoms with E-state index in [2.05, 4.69) is 15.3 Å². The van der Waals surface area contributed by atoms with Crippen LogP contribution in [-0.2, 0) is 0 Å². The van der Waals surface area contributed by atoms with Gasteiger partial charge in [0.05, 0.1) is 0 Å². The van der Waals surface area contributed by atoms with Crippen molar-refractivity contribution < 1.29 is 9.13 Å². The average molecular weight is 356 g/mol. The summed E-state index contributed by atoms with van der Waals surface area (Å²) >= 11 is 5.92. The lowest BCUT2D eigenvalue weighted by Gasteiger charge is -2.11. The number of rotatable bonds is 3. The Labute approximate surface area is 146 Å². The van der Waals surface area contributed by atoms with Crippen molar-refractivity contribution in [3.05, 3.63) is 65.7 Å².